The molecule has 5 nitrogen and oxygen atoms in total. The predicted molar refractivity (Wildman–Crippen MR) is 61.7 cm³/mol. The van der Waals surface area contributed by atoms with Crippen molar-refractivity contribution >= 4 is 11.8 Å². The molecule has 0 spiro atoms. The third-order valence-corrected chi connectivity index (χ3v) is 2.74. The van der Waals surface area contributed by atoms with Crippen molar-refractivity contribution in [3.63, 3.8) is 0 Å². The second kappa shape index (κ2) is 6.48. The highest BCUT2D eigenvalue weighted by molar-refractivity contribution is 5.79. The van der Waals surface area contributed by atoms with Crippen LogP contribution >= 0.6 is 0 Å². The van der Waals surface area contributed by atoms with Gasteiger partial charge in [0, 0.05) is 31.5 Å². The van der Waals surface area contributed by atoms with Crippen molar-refractivity contribution < 1.29 is 9.59 Å². The highest BCUT2D eigenvalue weighted by Crippen LogP contribution is 2.05. The summed E-state index contributed by atoms with van der Waals surface area (Å²) >= 11 is 0. The van der Waals surface area contributed by atoms with Gasteiger partial charge in [0.15, 0.2) is 0 Å². The lowest BCUT2D eigenvalue weighted by Gasteiger charge is -2.13. The molecule has 0 radical (unpaired) electrons. The van der Waals surface area contributed by atoms with Gasteiger partial charge in [-0.1, -0.05) is 13.3 Å². The van der Waals surface area contributed by atoms with E-state index in [1.165, 1.54) is 0 Å². The Hall–Kier alpha value is -1.10. The molecule has 0 bridgehead atoms. The van der Waals surface area contributed by atoms with Crippen LogP contribution in [0.2, 0.25) is 0 Å². The van der Waals surface area contributed by atoms with Gasteiger partial charge >= 0.3 is 0 Å². The molecule has 2 unspecified atom stereocenters. The predicted octanol–water partition coefficient (Wildman–Crippen LogP) is -0.101. The Morgan fingerprint density at radius 1 is 1.69 bits per heavy atom. The summed E-state index contributed by atoms with van der Waals surface area (Å²) in [6, 6.07) is 0.0435. The summed E-state index contributed by atoms with van der Waals surface area (Å²) in [4.78, 5) is 22.4. The summed E-state index contributed by atoms with van der Waals surface area (Å²) in [5.41, 5.74) is 5.76. The molecule has 0 aromatic carbocycles. The van der Waals surface area contributed by atoms with Crippen LogP contribution in [-0.2, 0) is 9.59 Å². The van der Waals surface area contributed by atoms with E-state index in [4.69, 9.17) is 5.73 Å². The van der Waals surface area contributed by atoms with Crippen LogP contribution in [0.1, 0.15) is 39.0 Å². The average molecular weight is 227 g/mol. The van der Waals surface area contributed by atoms with Gasteiger partial charge in [0.2, 0.25) is 11.8 Å². The minimum Gasteiger partial charge on any atom is -0.354 e. The standard InChI is InChI=1S/C11H21N3O2/c1-2-3-8(12)6-11(16)13-7-9-4-5-10(15)14-9/h8-9H,2-7,12H2,1H3,(H,13,16)(H,14,15). The van der Waals surface area contributed by atoms with Crippen molar-refractivity contribution in [1.82, 2.24) is 10.6 Å². The summed E-state index contributed by atoms with van der Waals surface area (Å²) in [5.74, 6) is 0.0454. The Morgan fingerprint density at radius 2 is 2.44 bits per heavy atom. The summed E-state index contributed by atoms with van der Waals surface area (Å²) in [6.07, 6.45) is 3.60. The van der Waals surface area contributed by atoms with E-state index < -0.39 is 0 Å². The first-order valence-electron chi connectivity index (χ1n) is 5.93. The molecule has 0 aromatic rings. The van der Waals surface area contributed by atoms with E-state index in [1.807, 2.05) is 6.92 Å². The molecule has 1 aliphatic heterocycles. The fraction of sp³-hybridized carbons (Fsp3) is 0.818. The molecule has 1 heterocycles. The van der Waals surface area contributed by atoms with E-state index in [0.29, 0.717) is 19.4 Å². The van der Waals surface area contributed by atoms with E-state index in [9.17, 15) is 9.59 Å². The van der Waals surface area contributed by atoms with Gasteiger partial charge in [0.05, 0.1) is 0 Å². The largest absolute Gasteiger partial charge is 0.354 e. The zero-order valence-corrected chi connectivity index (χ0v) is 9.79. The third kappa shape index (κ3) is 4.61. The molecule has 5 heteroatoms. The molecule has 1 saturated heterocycles. The Balaban J connectivity index is 2.12. The first-order chi connectivity index (χ1) is 7.61. The maximum Gasteiger partial charge on any atom is 0.221 e. The zero-order chi connectivity index (χ0) is 12.0. The third-order valence-electron chi connectivity index (χ3n) is 2.74. The van der Waals surface area contributed by atoms with E-state index in [1.54, 1.807) is 0 Å². The second-order valence-corrected chi connectivity index (χ2v) is 4.36. The van der Waals surface area contributed by atoms with Crippen LogP contribution in [-0.4, -0.2) is 30.4 Å². The second-order valence-electron chi connectivity index (χ2n) is 4.36. The molecule has 0 aliphatic carbocycles. The Labute approximate surface area is 96.1 Å². The fourth-order valence-electron chi connectivity index (χ4n) is 1.85. The zero-order valence-electron chi connectivity index (χ0n) is 9.79. The molecule has 1 aliphatic rings. The molecular weight excluding hydrogens is 206 g/mol. The van der Waals surface area contributed by atoms with Crippen molar-refractivity contribution in [1.29, 1.82) is 0 Å². The van der Waals surface area contributed by atoms with Crippen LogP contribution < -0.4 is 16.4 Å². The molecule has 4 N–H and O–H groups in total. The average Bonchev–Trinajstić information content (AvgIpc) is 2.61. The Kier molecular flexibility index (Phi) is 5.25. The van der Waals surface area contributed by atoms with Crippen LogP contribution in [0.3, 0.4) is 0 Å². The number of hydrogen-bond acceptors (Lipinski definition) is 3. The maximum absolute atomic E-state index is 11.5. The van der Waals surface area contributed by atoms with Gasteiger partial charge in [-0.15, -0.1) is 0 Å². The van der Waals surface area contributed by atoms with Crippen molar-refractivity contribution in [3.05, 3.63) is 0 Å². The maximum atomic E-state index is 11.5. The number of rotatable bonds is 6. The lowest BCUT2D eigenvalue weighted by Crippen LogP contribution is -2.40. The van der Waals surface area contributed by atoms with Gasteiger partial charge in [0.1, 0.15) is 0 Å². The smallest absolute Gasteiger partial charge is 0.221 e. The van der Waals surface area contributed by atoms with Crippen LogP contribution in [0.25, 0.3) is 0 Å². The summed E-state index contributed by atoms with van der Waals surface area (Å²) in [7, 11) is 0. The SMILES string of the molecule is CCCC(N)CC(=O)NCC1CCC(=O)N1. The van der Waals surface area contributed by atoms with Crippen LogP contribution in [0, 0.1) is 0 Å². The molecule has 92 valence electrons. The number of nitrogens with two attached hydrogens (primary N) is 1. The van der Waals surface area contributed by atoms with Gasteiger partial charge < -0.3 is 16.4 Å². The van der Waals surface area contributed by atoms with Gasteiger partial charge in [0.25, 0.3) is 0 Å². The highest BCUT2D eigenvalue weighted by Gasteiger charge is 2.21. The van der Waals surface area contributed by atoms with Gasteiger partial charge in [-0.2, -0.15) is 0 Å². The normalized spacial score (nSPS) is 21.6. The van der Waals surface area contributed by atoms with Crippen molar-refractivity contribution in [2.24, 2.45) is 5.73 Å². The molecule has 0 aromatic heterocycles. The van der Waals surface area contributed by atoms with Crippen molar-refractivity contribution in [3.8, 4) is 0 Å². The van der Waals surface area contributed by atoms with Crippen molar-refractivity contribution in [2.75, 3.05) is 6.54 Å². The molecule has 2 atom stereocenters. The quantitative estimate of drug-likeness (QED) is 0.592. The molecule has 2 amide bonds. The van der Waals surface area contributed by atoms with Gasteiger partial charge in [-0.3, -0.25) is 9.59 Å². The Morgan fingerprint density at radius 3 is 3.00 bits per heavy atom. The van der Waals surface area contributed by atoms with Crippen LogP contribution in [0.4, 0.5) is 0 Å². The molecule has 0 saturated carbocycles. The molecule has 16 heavy (non-hydrogen) atoms. The first kappa shape index (κ1) is 13.0. The lowest BCUT2D eigenvalue weighted by molar-refractivity contribution is -0.122. The molecule has 1 rings (SSSR count). The number of hydrogen-bond donors (Lipinski definition) is 3. The van der Waals surface area contributed by atoms with Crippen molar-refractivity contribution in [2.45, 2.75) is 51.1 Å². The van der Waals surface area contributed by atoms with E-state index in [2.05, 4.69) is 10.6 Å². The molecular formula is C11H21N3O2. The minimum absolute atomic E-state index is 0.0258. The first-order valence-corrected chi connectivity index (χ1v) is 5.93. The lowest BCUT2D eigenvalue weighted by atomic mass is 10.1. The minimum atomic E-state index is -0.0526. The van der Waals surface area contributed by atoms with E-state index in [0.717, 1.165) is 19.3 Å². The van der Waals surface area contributed by atoms with Gasteiger partial charge in [-0.25, -0.2) is 0 Å². The Bertz CT molecular complexity index is 256. The number of amides is 2. The van der Waals surface area contributed by atoms with Crippen LogP contribution in [0.15, 0.2) is 0 Å². The number of nitrogens with one attached hydrogen (secondary N) is 2. The summed E-state index contributed by atoms with van der Waals surface area (Å²) < 4.78 is 0. The molecule has 1 fully saturated rings. The van der Waals surface area contributed by atoms with E-state index in [-0.39, 0.29) is 23.9 Å². The van der Waals surface area contributed by atoms with E-state index >= 15 is 0 Å². The summed E-state index contributed by atoms with van der Waals surface area (Å²) in [5, 5.41) is 5.60. The summed E-state index contributed by atoms with van der Waals surface area (Å²) in [6.45, 7) is 2.56. The van der Waals surface area contributed by atoms with Gasteiger partial charge in [-0.05, 0) is 12.8 Å². The fourth-order valence-corrected chi connectivity index (χ4v) is 1.85. The highest BCUT2D eigenvalue weighted by atomic mass is 16.2. The number of carbonyl (C=O) groups excluding carboxylic acids is 2. The topological polar surface area (TPSA) is 84.2 Å². The number of carbonyl (C=O) groups is 2. The monoisotopic (exact) mass is 227 g/mol. The van der Waals surface area contributed by atoms with Crippen LogP contribution in [0.5, 0.6) is 0 Å².